The number of nitrogens with zero attached hydrogens (tertiary/aromatic N) is 3. The van der Waals surface area contributed by atoms with E-state index in [0.29, 0.717) is 42.6 Å². The number of ether oxygens (including phenoxy) is 1. The fraction of sp³-hybridized carbons (Fsp3) is 0.250. The molecule has 2 aliphatic heterocycles. The molecule has 0 saturated carbocycles. The maximum Gasteiger partial charge on any atom is 0.416 e. The normalized spacial score (nSPS) is 15.8. The first kappa shape index (κ1) is 21.5. The molecule has 0 bridgehead atoms. The molecule has 9 heteroatoms. The molecule has 5 nitrogen and oxygen atoms in total. The van der Waals surface area contributed by atoms with Gasteiger partial charge in [-0.15, -0.1) is 11.3 Å². The first-order chi connectivity index (χ1) is 15.8. The van der Waals surface area contributed by atoms with E-state index in [9.17, 15) is 18.0 Å². The third-order valence-electron chi connectivity index (χ3n) is 5.71. The summed E-state index contributed by atoms with van der Waals surface area (Å²) in [6.45, 7) is 3.95. The summed E-state index contributed by atoms with van der Waals surface area (Å²) in [4.78, 5) is 21.8. The lowest BCUT2D eigenvalue weighted by Crippen LogP contribution is -2.50. The Bertz CT molecular complexity index is 1230. The summed E-state index contributed by atoms with van der Waals surface area (Å²) < 4.78 is 46.0. The number of benzene rings is 2. The largest absolute Gasteiger partial charge is 0.454 e. The Hall–Kier alpha value is -3.33. The van der Waals surface area contributed by atoms with Crippen molar-refractivity contribution in [3.8, 4) is 11.5 Å². The Morgan fingerprint density at radius 2 is 1.79 bits per heavy atom. The smallest absolute Gasteiger partial charge is 0.416 e. The van der Waals surface area contributed by atoms with Gasteiger partial charge in [0.25, 0.3) is 5.91 Å². The molecule has 0 spiro atoms. The number of aliphatic imine (C=N–C) groups is 1. The van der Waals surface area contributed by atoms with Crippen molar-refractivity contribution in [3.63, 3.8) is 0 Å². The Kier molecular flexibility index (Phi) is 5.36. The summed E-state index contributed by atoms with van der Waals surface area (Å²) >= 11 is 1.41. The van der Waals surface area contributed by atoms with Gasteiger partial charge in [0.1, 0.15) is 17.3 Å². The summed E-state index contributed by atoms with van der Waals surface area (Å²) in [5, 5.41) is 1.87. The van der Waals surface area contributed by atoms with Gasteiger partial charge in [-0.25, -0.2) is 4.99 Å². The lowest BCUT2D eigenvalue weighted by molar-refractivity contribution is -0.137. The molecular formula is C24H20F3N3O2S. The second-order valence-electron chi connectivity index (χ2n) is 7.97. The molecule has 2 aromatic carbocycles. The van der Waals surface area contributed by atoms with Crippen molar-refractivity contribution in [1.29, 1.82) is 0 Å². The van der Waals surface area contributed by atoms with Crippen LogP contribution in [0, 0.1) is 6.92 Å². The molecule has 0 radical (unpaired) electrons. The zero-order valence-electron chi connectivity index (χ0n) is 17.7. The van der Waals surface area contributed by atoms with E-state index >= 15 is 0 Å². The molecule has 1 amide bonds. The SMILES string of the molecule is Cc1ccc2c(c1)C(N1CCN(C(=O)c3cccs3)CC1)=Nc1cc(C(F)(F)F)ccc1O2. The number of fused-ring (bicyclic) bond motifs is 2. The summed E-state index contributed by atoms with van der Waals surface area (Å²) in [6, 6.07) is 12.6. The average molecular weight is 472 g/mol. The summed E-state index contributed by atoms with van der Waals surface area (Å²) in [5.41, 5.74) is 1.06. The lowest BCUT2D eigenvalue weighted by atomic mass is 10.1. The van der Waals surface area contributed by atoms with E-state index in [-0.39, 0.29) is 17.3 Å². The van der Waals surface area contributed by atoms with E-state index in [1.165, 1.54) is 17.4 Å². The Balaban J connectivity index is 1.49. The van der Waals surface area contributed by atoms with Crippen LogP contribution in [0.1, 0.15) is 26.4 Å². The number of halogens is 3. The van der Waals surface area contributed by atoms with Crippen LogP contribution in [-0.4, -0.2) is 47.7 Å². The lowest BCUT2D eigenvalue weighted by Gasteiger charge is -2.36. The molecule has 33 heavy (non-hydrogen) atoms. The van der Waals surface area contributed by atoms with E-state index in [1.54, 1.807) is 11.0 Å². The standard InChI is InChI=1S/C24H20F3N3O2S/c1-15-4-6-19-17(13-15)22(28-18-14-16(24(25,26)27)5-7-20(18)32-19)29-8-10-30(11-9-29)23(31)21-3-2-12-33-21/h2-7,12-14H,8-11H2,1H3. The predicted octanol–water partition coefficient (Wildman–Crippen LogP) is 5.72. The second kappa shape index (κ2) is 8.22. The van der Waals surface area contributed by atoms with Gasteiger partial charge in [0.05, 0.1) is 16.0 Å². The highest BCUT2D eigenvalue weighted by molar-refractivity contribution is 7.12. The molecule has 5 rings (SSSR count). The molecule has 3 aromatic rings. The van der Waals surface area contributed by atoms with Crippen molar-refractivity contribution < 1.29 is 22.7 Å². The van der Waals surface area contributed by atoms with Gasteiger partial charge in [0.2, 0.25) is 0 Å². The van der Waals surface area contributed by atoms with Crippen LogP contribution in [0.5, 0.6) is 11.5 Å². The van der Waals surface area contributed by atoms with Crippen molar-refractivity contribution in [1.82, 2.24) is 9.80 Å². The van der Waals surface area contributed by atoms with Crippen LogP contribution < -0.4 is 4.74 Å². The highest BCUT2D eigenvalue weighted by atomic mass is 32.1. The number of carbonyl (C=O) groups excluding carboxylic acids is 1. The van der Waals surface area contributed by atoms with Crippen LogP contribution in [0.4, 0.5) is 18.9 Å². The number of hydrogen-bond acceptors (Lipinski definition) is 5. The second-order valence-corrected chi connectivity index (χ2v) is 8.92. The molecule has 3 heterocycles. The van der Waals surface area contributed by atoms with E-state index in [4.69, 9.17) is 4.74 Å². The van der Waals surface area contributed by atoms with Gasteiger partial charge in [-0.05, 0) is 48.7 Å². The number of rotatable bonds is 1. The van der Waals surface area contributed by atoms with E-state index in [2.05, 4.69) is 4.99 Å². The van der Waals surface area contributed by atoms with Gasteiger partial charge >= 0.3 is 6.18 Å². The number of piperazine rings is 1. The minimum absolute atomic E-state index is 0.00722. The Morgan fingerprint density at radius 3 is 2.48 bits per heavy atom. The molecule has 0 aliphatic carbocycles. The number of alkyl halides is 3. The van der Waals surface area contributed by atoms with Gasteiger partial charge in [-0.3, -0.25) is 4.79 Å². The average Bonchev–Trinajstić information content (AvgIpc) is 3.28. The fourth-order valence-corrected chi connectivity index (χ4v) is 4.68. The highest BCUT2D eigenvalue weighted by Crippen LogP contribution is 2.42. The maximum absolute atomic E-state index is 13.3. The third kappa shape index (κ3) is 4.20. The van der Waals surface area contributed by atoms with E-state index in [0.717, 1.165) is 23.3 Å². The van der Waals surface area contributed by atoms with Crippen LogP contribution in [0.2, 0.25) is 0 Å². The number of carbonyl (C=O) groups is 1. The number of thiophene rings is 1. The number of amidine groups is 1. The molecule has 0 unspecified atom stereocenters. The molecule has 1 aromatic heterocycles. The predicted molar refractivity (Wildman–Crippen MR) is 121 cm³/mol. The van der Waals surface area contributed by atoms with Crippen molar-refractivity contribution in [2.45, 2.75) is 13.1 Å². The van der Waals surface area contributed by atoms with Crippen LogP contribution in [-0.2, 0) is 6.18 Å². The van der Waals surface area contributed by atoms with Gasteiger partial charge in [-0.2, -0.15) is 13.2 Å². The monoisotopic (exact) mass is 471 g/mol. The minimum atomic E-state index is -4.48. The third-order valence-corrected chi connectivity index (χ3v) is 6.56. The van der Waals surface area contributed by atoms with E-state index < -0.39 is 11.7 Å². The molecule has 0 atom stereocenters. The molecule has 1 saturated heterocycles. The number of amides is 1. The molecule has 170 valence electrons. The molecular weight excluding hydrogens is 451 g/mol. The van der Waals surface area contributed by atoms with Gasteiger partial charge in [-0.1, -0.05) is 17.7 Å². The first-order valence-electron chi connectivity index (χ1n) is 10.5. The van der Waals surface area contributed by atoms with E-state index in [1.807, 2.05) is 41.5 Å². The van der Waals surface area contributed by atoms with Gasteiger partial charge < -0.3 is 14.5 Å². The van der Waals surface area contributed by atoms with Crippen LogP contribution in [0.15, 0.2) is 58.9 Å². The quantitative estimate of drug-likeness (QED) is 0.456. The zero-order chi connectivity index (χ0) is 23.2. The van der Waals surface area contributed by atoms with Gasteiger partial charge in [0, 0.05) is 26.2 Å². The summed E-state index contributed by atoms with van der Waals surface area (Å²) in [5.74, 6) is 1.35. The van der Waals surface area contributed by atoms with Crippen molar-refractivity contribution in [2.75, 3.05) is 26.2 Å². The van der Waals surface area contributed by atoms with Gasteiger partial charge in [0.15, 0.2) is 5.75 Å². The highest BCUT2D eigenvalue weighted by Gasteiger charge is 2.33. The zero-order valence-corrected chi connectivity index (χ0v) is 18.5. The molecule has 1 fully saturated rings. The molecule has 0 N–H and O–H groups in total. The maximum atomic E-state index is 13.3. The molecule has 2 aliphatic rings. The first-order valence-corrected chi connectivity index (χ1v) is 11.3. The minimum Gasteiger partial charge on any atom is -0.454 e. The van der Waals surface area contributed by atoms with Crippen LogP contribution in [0.3, 0.4) is 0 Å². The van der Waals surface area contributed by atoms with Crippen LogP contribution >= 0.6 is 11.3 Å². The van der Waals surface area contributed by atoms with Crippen molar-refractivity contribution >= 4 is 28.8 Å². The van der Waals surface area contributed by atoms with Crippen molar-refractivity contribution in [3.05, 3.63) is 75.5 Å². The summed E-state index contributed by atoms with van der Waals surface area (Å²) in [7, 11) is 0. The van der Waals surface area contributed by atoms with Crippen molar-refractivity contribution in [2.24, 2.45) is 4.99 Å². The van der Waals surface area contributed by atoms with Crippen LogP contribution in [0.25, 0.3) is 0 Å². The Morgan fingerprint density at radius 1 is 1.03 bits per heavy atom. The Labute approximate surface area is 192 Å². The number of hydrogen-bond donors (Lipinski definition) is 0. The summed E-state index contributed by atoms with van der Waals surface area (Å²) in [6.07, 6.45) is -4.48. The fourth-order valence-electron chi connectivity index (χ4n) is 3.99. The number of aryl methyl sites for hydroxylation is 1. The topological polar surface area (TPSA) is 45.1 Å².